The number of aromatic nitrogens is 1. The van der Waals surface area contributed by atoms with Gasteiger partial charge in [0.25, 0.3) is 5.56 Å². The lowest BCUT2D eigenvalue weighted by atomic mass is 10.1. The molecular weight excluding hydrogens is 347 g/mol. The van der Waals surface area contributed by atoms with E-state index in [-0.39, 0.29) is 30.4 Å². The third kappa shape index (κ3) is 4.61. The maximum atomic E-state index is 13.5. The minimum Gasteiger partial charge on any atom is -0.489 e. The summed E-state index contributed by atoms with van der Waals surface area (Å²) in [4.78, 5) is 28.5. The molecule has 0 aliphatic rings. The molecule has 0 fully saturated rings. The minimum absolute atomic E-state index is 0.150. The van der Waals surface area contributed by atoms with Crippen LogP contribution in [-0.2, 0) is 4.79 Å². The lowest BCUT2D eigenvalue weighted by molar-refractivity contribution is -0.125. The maximum Gasteiger partial charge on any atom is 0.255 e. The van der Waals surface area contributed by atoms with Crippen LogP contribution in [0.1, 0.15) is 5.56 Å². The fourth-order valence-corrected chi connectivity index (χ4v) is 2.54. The average Bonchev–Trinajstić information content (AvgIpc) is 2.67. The first-order chi connectivity index (χ1) is 13.0. The number of para-hydroxylation sites is 2. The van der Waals surface area contributed by atoms with Crippen LogP contribution < -0.4 is 10.3 Å². The third-order valence-electron chi connectivity index (χ3n) is 4.08. The Bertz CT molecular complexity index is 1040. The monoisotopic (exact) mass is 366 g/mol. The van der Waals surface area contributed by atoms with Crippen molar-refractivity contribution in [2.24, 2.45) is 0 Å². The normalized spacial score (nSPS) is 11.0. The van der Waals surface area contributed by atoms with Crippen LogP contribution in [0.3, 0.4) is 0 Å². The number of fused-ring (bicyclic) bond motifs is 1. The van der Waals surface area contributed by atoms with Crippen LogP contribution in [0.5, 0.6) is 5.75 Å². The molecule has 3 rings (SSSR count). The molecule has 0 bridgehead atoms. The summed E-state index contributed by atoms with van der Waals surface area (Å²) in [7, 11) is 1.61. The molecule has 0 aliphatic carbocycles. The van der Waals surface area contributed by atoms with Crippen molar-refractivity contribution in [2.45, 2.75) is 0 Å². The molecule has 5 nitrogen and oxygen atoms in total. The Kier molecular flexibility index (Phi) is 5.66. The zero-order chi connectivity index (χ0) is 19.2. The number of carbonyl (C=O) groups excluding carboxylic acids is 1. The molecule has 0 radical (unpaired) electrons. The Hall–Kier alpha value is -3.41. The number of benzene rings is 2. The number of pyridine rings is 1. The van der Waals surface area contributed by atoms with E-state index in [9.17, 15) is 14.0 Å². The van der Waals surface area contributed by atoms with Gasteiger partial charge >= 0.3 is 0 Å². The van der Waals surface area contributed by atoms with Crippen LogP contribution in [0.4, 0.5) is 4.39 Å². The highest BCUT2D eigenvalue weighted by Crippen LogP contribution is 2.15. The fourth-order valence-electron chi connectivity index (χ4n) is 2.54. The van der Waals surface area contributed by atoms with Crippen molar-refractivity contribution in [1.29, 1.82) is 0 Å². The standard InChI is InChI=1S/C21H19FN2O3/c1-24(12-13-27-19-9-5-3-7-17(19)22)20(25)11-10-16-14-15-6-2-4-8-18(15)23-21(16)26/h2-11,14H,12-13H2,1H3,(H,23,26). The molecule has 0 unspecified atom stereocenters. The molecule has 1 heterocycles. The number of amides is 1. The summed E-state index contributed by atoms with van der Waals surface area (Å²) < 4.78 is 18.8. The van der Waals surface area contributed by atoms with E-state index in [0.29, 0.717) is 5.56 Å². The summed E-state index contributed by atoms with van der Waals surface area (Å²) in [6, 6.07) is 15.3. The van der Waals surface area contributed by atoms with Gasteiger partial charge in [-0.2, -0.15) is 0 Å². The molecule has 1 N–H and O–H groups in total. The van der Waals surface area contributed by atoms with Gasteiger partial charge in [0, 0.05) is 24.2 Å². The van der Waals surface area contributed by atoms with Crippen molar-refractivity contribution in [3.8, 4) is 5.75 Å². The van der Waals surface area contributed by atoms with Gasteiger partial charge in [-0.25, -0.2) is 4.39 Å². The molecule has 3 aromatic rings. The Morgan fingerprint density at radius 1 is 1.19 bits per heavy atom. The van der Waals surface area contributed by atoms with Crippen molar-refractivity contribution >= 4 is 22.9 Å². The first-order valence-electron chi connectivity index (χ1n) is 8.47. The smallest absolute Gasteiger partial charge is 0.255 e. The molecule has 6 heteroatoms. The second kappa shape index (κ2) is 8.31. The van der Waals surface area contributed by atoms with Crippen molar-refractivity contribution in [2.75, 3.05) is 20.2 Å². The first kappa shape index (κ1) is 18.4. The second-order valence-corrected chi connectivity index (χ2v) is 6.01. The minimum atomic E-state index is -0.443. The van der Waals surface area contributed by atoms with Gasteiger partial charge in [0.05, 0.1) is 6.54 Å². The molecule has 2 aromatic carbocycles. The Morgan fingerprint density at radius 2 is 1.93 bits per heavy atom. The molecule has 0 aliphatic heterocycles. The number of nitrogens with one attached hydrogen (secondary N) is 1. The van der Waals surface area contributed by atoms with E-state index in [1.807, 2.05) is 24.3 Å². The number of ether oxygens (including phenoxy) is 1. The maximum absolute atomic E-state index is 13.5. The number of hydrogen-bond acceptors (Lipinski definition) is 3. The van der Waals surface area contributed by atoms with E-state index in [1.54, 1.807) is 25.2 Å². The van der Waals surface area contributed by atoms with Gasteiger partial charge in [-0.15, -0.1) is 0 Å². The van der Waals surface area contributed by atoms with Gasteiger partial charge in [0.15, 0.2) is 11.6 Å². The summed E-state index contributed by atoms with van der Waals surface area (Å²) in [5, 5.41) is 0.885. The number of H-pyrrole nitrogens is 1. The van der Waals surface area contributed by atoms with Gasteiger partial charge in [-0.05, 0) is 35.7 Å². The summed E-state index contributed by atoms with van der Waals surface area (Å²) in [5.74, 6) is -0.571. The third-order valence-corrected chi connectivity index (χ3v) is 4.08. The van der Waals surface area contributed by atoms with Crippen LogP contribution in [0.15, 0.2) is 65.5 Å². The molecule has 1 aromatic heterocycles. The van der Waals surface area contributed by atoms with Crippen molar-refractivity contribution < 1.29 is 13.9 Å². The number of rotatable bonds is 6. The molecule has 1 amide bonds. The average molecular weight is 366 g/mol. The number of hydrogen-bond donors (Lipinski definition) is 1. The first-order valence-corrected chi connectivity index (χ1v) is 8.47. The van der Waals surface area contributed by atoms with Crippen LogP contribution in [0, 0.1) is 5.82 Å². The van der Waals surface area contributed by atoms with Gasteiger partial charge in [-0.1, -0.05) is 30.3 Å². The van der Waals surface area contributed by atoms with E-state index in [0.717, 1.165) is 10.9 Å². The van der Waals surface area contributed by atoms with Gasteiger partial charge in [0.2, 0.25) is 5.91 Å². The number of likely N-dealkylation sites (N-methyl/N-ethyl adjacent to an activating group) is 1. The lowest BCUT2D eigenvalue weighted by Crippen LogP contribution is -2.29. The Labute approximate surface area is 155 Å². The highest BCUT2D eigenvalue weighted by atomic mass is 19.1. The highest BCUT2D eigenvalue weighted by Gasteiger charge is 2.07. The van der Waals surface area contributed by atoms with E-state index in [1.165, 1.54) is 29.2 Å². The summed E-state index contributed by atoms with van der Waals surface area (Å²) in [5.41, 5.74) is 0.884. The SMILES string of the molecule is CN(CCOc1ccccc1F)C(=O)C=Cc1cc2ccccc2[nH]c1=O. The zero-order valence-electron chi connectivity index (χ0n) is 14.8. The van der Waals surface area contributed by atoms with Crippen LogP contribution in [-0.4, -0.2) is 36.0 Å². The second-order valence-electron chi connectivity index (χ2n) is 6.01. The van der Waals surface area contributed by atoms with E-state index in [2.05, 4.69) is 4.98 Å². The van der Waals surface area contributed by atoms with Gasteiger partial charge in [-0.3, -0.25) is 9.59 Å². The number of halogens is 1. The van der Waals surface area contributed by atoms with Gasteiger partial charge in [0.1, 0.15) is 6.61 Å². The summed E-state index contributed by atoms with van der Waals surface area (Å²) in [6.45, 7) is 0.444. The van der Waals surface area contributed by atoms with Crippen LogP contribution in [0.25, 0.3) is 17.0 Å². The fraction of sp³-hybridized carbons (Fsp3) is 0.143. The zero-order valence-corrected chi connectivity index (χ0v) is 14.8. The number of aromatic amines is 1. The largest absolute Gasteiger partial charge is 0.489 e. The van der Waals surface area contributed by atoms with Crippen LogP contribution >= 0.6 is 0 Å². The van der Waals surface area contributed by atoms with E-state index >= 15 is 0 Å². The van der Waals surface area contributed by atoms with Gasteiger partial charge < -0.3 is 14.6 Å². The topological polar surface area (TPSA) is 62.4 Å². The number of nitrogens with zero attached hydrogens (tertiary/aromatic N) is 1. The van der Waals surface area contributed by atoms with Crippen molar-refractivity contribution in [3.63, 3.8) is 0 Å². The Balaban J connectivity index is 1.60. The quantitative estimate of drug-likeness (QED) is 0.682. The van der Waals surface area contributed by atoms with E-state index in [4.69, 9.17) is 4.74 Å². The van der Waals surface area contributed by atoms with Crippen molar-refractivity contribution in [1.82, 2.24) is 9.88 Å². The molecule has 0 spiro atoms. The van der Waals surface area contributed by atoms with E-state index < -0.39 is 5.82 Å². The van der Waals surface area contributed by atoms with Crippen molar-refractivity contribution in [3.05, 3.63) is 82.4 Å². The van der Waals surface area contributed by atoms with Crippen LogP contribution in [0.2, 0.25) is 0 Å². The molecule has 0 saturated carbocycles. The molecular formula is C21H19FN2O3. The highest BCUT2D eigenvalue weighted by molar-refractivity contribution is 5.92. The molecule has 27 heavy (non-hydrogen) atoms. The molecule has 0 saturated heterocycles. The predicted octanol–water partition coefficient (Wildman–Crippen LogP) is 3.22. The molecule has 0 atom stereocenters. The summed E-state index contributed by atoms with van der Waals surface area (Å²) in [6.07, 6.45) is 2.82. The molecule has 138 valence electrons. The Morgan fingerprint density at radius 3 is 2.74 bits per heavy atom. The summed E-state index contributed by atoms with van der Waals surface area (Å²) >= 11 is 0. The lowest BCUT2D eigenvalue weighted by Gasteiger charge is -2.15. The predicted molar refractivity (Wildman–Crippen MR) is 103 cm³/mol. The number of carbonyl (C=O) groups is 1.